The average molecular weight is 350 g/mol. The maximum atomic E-state index is 10.6. The van der Waals surface area contributed by atoms with Gasteiger partial charge in [0, 0.05) is 25.0 Å². The summed E-state index contributed by atoms with van der Waals surface area (Å²) in [7, 11) is 1.66. The molecule has 2 aromatic rings. The van der Waals surface area contributed by atoms with E-state index < -0.39 is 11.3 Å². The number of hydrogen-bond donors (Lipinski definition) is 2. The van der Waals surface area contributed by atoms with E-state index in [1.54, 1.807) is 13.4 Å². The van der Waals surface area contributed by atoms with E-state index in [1.165, 1.54) is 0 Å². The summed E-state index contributed by atoms with van der Waals surface area (Å²) in [5, 5.41) is 1.01. The zero-order valence-corrected chi connectivity index (χ0v) is 14.5. The lowest BCUT2D eigenvalue weighted by Gasteiger charge is -2.33. The first-order valence-corrected chi connectivity index (χ1v) is 9.16. The molecule has 2 N–H and O–H groups in total. The van der Waals surface area contributed by atoms with Gasteiger partial charge in [-0.2, -0.15) is 0 Å². The predicted octanol–water partition coefficient (Wildman–Crippen LogP) is 1.97. The van der Waals surface area contributed by atoms with Gasteiger partial charge in [-0.3, -0.25) is 4.55 Å². The highest BCUT2D eigenvalue weighted by molar-refractivity contribution is 7.77. The number of fused-ring (bicyclic) bond motifs is 1. The number of anilines is 1. The van der Waals surface area contributed by atoms with Crippen LogP contribution in [0.1, 0.15) is 19.3 Å². The van der Waals surface area contributed by atoms with Crippen molar-refractivity contribution in [2.24, 2.45) is 5.92 Å². The molecule has 8 heteroatoms. The fourth-order valence-corrected chi connectivity index (χ4v) is 3.48. The quantitative estimate of drug-likeness (QED) is 0.775. The average Bonchev–Trinajstić information content (AvgIpc) is 2.61. The van der Waals surface area contributed by atoms with E-state index in [0.717, 1.165) is 54.8 Å². The standard InChI is InChI=1S/C16H22N4O3S/c1-23-13-2-3-15-14(10-13)16(18-11-17-15)20-8-5-12(6-9-20)4-7-19-24(21)22/h2-3,10-12,19H,4-9H2,1H3,(H,21,22). The van der Waals surface area contributed by atoms with Crippen molar-refractivity contribution in [1.29, 1.82) is 0 Å². The number of aromatic nitrogens is 2. The second kappa shape index (κ2) is 7.87. The predicted molar refractivity (Wildman–Crippen MR) is 94.4 cm³/mol. The van der Waals surface area contributed by atoms with E-state index in [2.05, 4.69) is 19.6 Å². The van der Waals surface area contributed by atoms with Gasteiger partial charge in [0.15, 0.2) is 0 Å². The fourth-order valence-electron chi connectivity index (χ4n) is 3.18. The highest BCUT2D eigenvalue weighted by Gasteiger charge is 2.21. The minimum Gasteiger partial charge on any atom is -0.497 e. The van der Waals surface area contributed by atoms with E-state index in [0.29, 0.717) is 12.5 Å². The van der Waals surface area contributed by atoms with Gasteiger partial charge in [0.25, 0.3) is 0 Å². The molecule has 1 aliphatic heterocycles. The summed E-state index contributed by atoms with van der Waals surface area (Å²) in [5.41, 5.74) is 0.914. The van der Waals surface area contributed by atoms with Gasteiger partial charge in [-0.25, -0.2) is 18.9 Å². The summed E-state index contributed by atoms with van der Waals surface area (Å²) in [6.07, 6.45) is 4.62. The van der Waals surface area contributed by atoms with Crippen molar-refractivity contribution in [2.45, 2.75) is 19.3 Å². The first kappa shape index (κ1) is 17.1. The highest BCUT2D eigenvalue weighted by atomic mass is 32.2. The summed E-state index contributed by atoms with van der Waals surface area (Å²) in [4.78, 5) is 11.1. The molecule has 1 aliphatic rings. The van der Waals surface area contributed by atoms with E-state index >= 15 is 0 Å². The van der Waals surface area contributed by atoms with E-state index in [4.69, 9.17) is 9.29 Å². The fraction of sp³-hybridized carbons (Fsp3) is 0.500. The number of piperidine rings is 1. The Labute approximate surface area is 143 Å². The SMILES string of the molecule is COc1ccc2ncnc(N3CCC(CCNS(=O)O)CC3)c2c1. The van der Waals surface area contributed by atoms with Gasteiger partial charge in [0.05, 0.1) is 12.6 Å². The summed E-state index contributed by atoms with van der Waals surface area (Å²) in [5.74, 6) is 2.32. The van der Waals surface area contributed by atoms with Crippen LogP contribution in [0.2, 0.25) is 0 Å². The molecule has 24 heavy (non-hydrogen) atoms. The summed E-state index contributed by atoms with van der Waals surface area (Å²) >= 11 is -1.91. The Balaban J connectivity index is 1.68. The lowest BCUT2D eigenvalue weighted by atomic mass is 9.93. The van der Waals surface area contributed by atoms with Gasteiger partial charge in [-0.15, -0.1) is 0 Å². The van der Waals surface area contributed by atoms with Crippen LogP contribution < -0.4 is 14.4 Å². The first-order valence-electron chi connectivity index (χ1n) is 8.05. The second-order valence-corrected chi connectivity index (χ2v) is 6.73. The van der Waals surface area contributed by atoms with Crippen molar-refractivity contribution >= 4 is 28.0 Å². The number of rotatable bonds is 6. The molecule has 1 saturated heterocycles. The van der Waals surface area contributed by atoms with Crippen molar-refractivity contribution < 1.29 is 13.5 Å². The Morgan fingerprint density at radius 1 is 1.38 bits per heavy atom. The Bertz CT molecular complexity index is 720. The molecule has 1 aromatic heterocycles. The third-order valence-corrected chi connectivity index (χ3v) is 4.96. The minimum absolute atomic E-state index is 0.569. The molecule has 0 radical (unpaired) electrons. The van der Waals surface area contributed by atoms with Crippen molar-refractivity contribution in [3.63, 3.8) is 0 Å². The van der Waals surface area contributed by atoms with Crippen LogP contribution in [0, 0.1) is 5.92 Å². The number of hydrogen-bond acceptors (Lipinski definition) is 5. The molecule has 0 saturated carbocycles. The third-order valence-electron chi connectivity index (χ3n) is 4.51. The number of benzene rings is 1. The maximum absolute atomic E-state index is 10.6. The Hall–Kier alpha value is -1.77. The Kier molecular flexibility index (Phi) is 5.60. The van der Waals surface area contributed by atoms with Gasteiger partial charge in [0.1, 0.15) is 17.9 Å². The first-order chi connectivity index (χ1) is 11.7. The largest absolute Gasteiger partial charge is 0.497 e. The Morgan fingerprint density at radius 2 is 2.17 bits per heavy atom. The zero-order chi connectivity index (χ0) is 16.9. The molecule has 0 bridgehead atoms. The van der Waals surface area contributed by atoms with Crippen LogP contribution in [0.15, 0.2) is 24.5 Å². The normalized spacial score (nSPS) is 17.2. The number of methoxy groups -OCH3 is 1. The van der Waals surface area contributed by atoms with Crippen LogP contribution in [0.3, 0.4) is 0 Å². The topological polar surface area (TPSA) is 87.6 Å². The van der Waals surface area contributed by atoms with Crippen LogP contribution in [0.4, 0.5) is 5.82 Å². The molecule has 1 atom stereocenters. The second-order valence-electron chi connectivity index (χ2n) is 5.94. The zero-order valence-electron chi connectivity index (χ0n) is 13.6. The summed E-state index contributed by atoms with van der Waals surface area (Å²) in [6, 6.07) is 5.84. The third kappa shape index (κ3) is 4.00. The molecule has 0 spiro atoms. The van der Waals surface area contributed by atoms with Crippen LogP contribution in [-0.2, 0) is 11.3 Å². The molecule has 3 rings (SSSR count). The monoisotopic (exact) mass is 350 g/mol. The molecule has 130 valence electrons. The molecule has 0 amide bonds. The number of ether oxygens (including phenoxy) is 1. The van der Waals surface area contributed by atoms with Crippen molar-refractivity contribution in [3.05, 3.63) is 24.5 Å². The Morgan fingerprint density at radius 3 is 2.88 bits per heavy atom. The molecule has 0 aliphatic carbocycles. The van der Waals surface area contributed by atoms with Crippen molar-refractivity contribution in [1.82, 2.24) is 14.7 Å². The van der Waals surface area contributed by atoms with Gasteiger partial charge in [-0.1, -0.05) is 0 Å². The van der Waals surface area contributed by atoms with Gasteiger partial charge < -0.3 is 9.64 Å². The van der Waals surface area contributed by atoms with Crippen molar-refractivity contribution in [2.75, 3.05) is 31.6 Å². The van der Waals surface area contributed by atoms with E-state index in [-0.39, 0.29) is 0 Å². The highest BCUT2D eigenvalue weighted by Crippen LogP contribution is 2.30. The smallest absolute Gasteiger partial charge is 0.231 e. The van der Waals surface area contributed by atoms with Crippen molar-refractivity contribution in [3.8, 4) is 5.75 Å². The molecule has 1 fully saturated rings. The summed E-state index contributed by atoms with van der Waals surface area (Å²) < 4.78 is 27.2. The summed E-state index contributed by atoms with van der Waals surface area (Å²) in [6.45, 7) is 2.42. The lowest BCUT2D eigenvalue weighted by molar-refractivity contribution is 0.380. The van der Waals surface area contributed by atoms with Gasteiger partial charge >= 0.3 is 0 Å². The maximum Gasteiger partial charge on any atom is 0.231 e. The van der Waals surface area contributed by atoms with Crippen LogP contribution in [0.5, 0.6) is 5.75 Å². The molecular formula is C16H22N4O3S. The van der Waals surface area contributed by atoms with Gasteiger partial charge in [0.2, 0.25) is 11.3 Å². The van der Waals surface area contributed by atoms with Crippen LogP contribution in [0.25, 0.3) is 10.9 Å². The van der Waals surface area contributed by atoms with Gasteiger partial charge in [-0.05, 0) is 43.4 Å². The molecular weight excluding hydrogens is 328 g/mol. The number of nitrogens with zero attached hydrogens (tertiary/aromatic N) is 3. The van der Waals surface area contributed by atoms with Crippen LogP contribution >= 0.6 is 0 Å². The molecule has 1 aromatic carbocycles. The minimum atomic E-state index is -1.91. The molecule has 2 heterocycles. The molecule has 1 unspecified atom stereocenters. The lowest BCUT2D eigenvalue weighted by Crippen LogP contribution is -2.35. The van der Waals surface area contributed by atoms with Crippen LogP contribution in [-0.4, -0.2) is 45.5 Å². The van der Waals surface area contributed by atoms with E-state index in [1.807, 2.05) is 18.2 Å². The molecule has 7 nitrogen and oxygen atoms in total. The van der Waals surface area contributed by atoms with E-state index in [9.17, 15) is 4.21 Å². The number of nitrogens with one attached hydrogen (secondary N) is 1.